The Morgan fingerprint density at radius 3 is 2.36 bits per heavy atom. The minimum atomic E-state index is -1.01. The van der Waals surface area contributed by atoms with Gasteiger partial charge in [-0.2, -0.15) is 0 Å². The number of carbonyl (C=O) groups is 3. The van der Waals surface area contributed by atoms with Crippen molar-refractivity contribution in [2.45, 2.75) is 24.8 Å². The van der Waals surface area contributed by atoms with Crippen molar-refractivity contribution in [3.05, 3.63) is 76.9 Å². The number of nitrogens with one attached hydrogen (secondary N) is 1. The third-order valence-corrected chi connectivity index (χ3v) is 7.99. The third kappa shape index (κ3) is 5.02. The van der Waals surface area contributed by atoms with Crippen LogP contribution in [0.15, 0.2) is 54.6 Å². The lowest BCUT2D eigenvalue weighted by molar-refractivity contribution is -0.141. The number of hydrogen-bond acceptors (Lipinski definition) is 9. The van der Waals surface area contributed by atoms with Crippen molar-refractivity contribution in [1.29, 1.82) is 0 Å². The minimum Gasteiger partial charge on any atom is -0.493 e. The Balaban J connectivity index is 1.33. The van der Waals surface area contributed by atoms with Crippen LogP contribution >= 0.6 is 0 Å². The molecule has 3 aliphatic rings. The van der Waals surface area contributed by atoms with E-state index in [-0.39, 0.29) is 42.3 Å². The largest absolute Gasteiger partial charge is 0.493 e. The second kappa shape index (κ2) is 11.2. The van der Waals surface area contributed by atoms with Gasteiger partial charge < -0.3 is 39.5 Å². The summed E-state index contributed by atoms with van der Waals surface area (Å²) in [5.41, 5.74) is 9.04. The minimum absolute atomic E-state index is 0.0106. The lowest BCUT2D eigenvalue weighted by Crippen LogP contribution is -2.46. The van der Waals surface area contributed by atoms with Gasteiger partial charge in [-0.3, -0.25) is 9.59 Å². The molecule has 0 saturated carbocycles. The van der Waals surface area contributed by atoms with E-state index in [9.17, 15) is 14.4 Å². The summed E-state index contributed by atoms with van der Waals surface area (Å²) in [6.45, 7) is 0.461. The van der Waals surface area contributed by atoms with Gasteiger partial charge in [-0.1, -0.05) is 30.3 Å². The van der Waals surface area contributed by atoms with Gasteiger partial charge in [0.2, 0.25) is 18.4 Å². The zero-order valence-electron chi connectivity index (χ0n) is 23.1. The van der Waals surface area contributed by atoms with Crippen LogP contribution in [0.25, 0.3) is 0 Å². The molecule has 6 rings (SSSR count). The Kier molecular flexibility index (Phi) is 7.24. The van der Waals surface area contributed by atoms with Crippen molar-refractivity contribution in [3.8, 4) is 28.7 Å². The predicted octanol–water partition coefficient (Wildman–Crippen LogP) is 3.09. The highest BCUT2D eigenvalue weighted by atomic mass is 16.7. The van der Waals surface area contributed by atoms with Crippen molar-refractivity contribution >= 4 is 18.0 Å². The van der Waals surface area contributed by atoms with Crippen LogP contribution < -0.4 is 34.7 Å². The maximum Gasteiger partial charge on any atom is 0.413 e. The molecule has 1 saturated heterocycles. The molecule has 0 unspecified atom stereocenters. The molecule has 3 aromatic carbocycles. The van der Waals surface area contributed by atoms with E-state index in [2.05, 4.69) is 5.32 Å². The number of benzene rings is 3. The van der Waals surface area contributed by atoms with E-state index in [0.717, 1.165) is 16.7 Å². The number of cyclic esters (lactones) is 1. The Bertz CT molecular complexity index is 1520. The van der Waals surface area contributed by atoms with E-state index in [4.69, 9.17) is 34.2 Å². The lowest BCUT2D eigenvalue weighted by atomic mass is 9.67. The average molecular weight is 575 g/mol. The molecule has 2 aliphatic heterocycles. The number of nitrogens with two attached hydrogens (primary N) is 1. The van der Waals surface area contributed by atoms with Crippen molar-refractivity contribution in [2.24, 2.45) is 17.6 Å². The number of fused-ring (bicyclic) bond motifs is 3. The first-order valence-corrected chi connectivity index (χ1v) is 13.5. The van der Waals surface area contributed by atoms with Crippen LogP contribution in [-0.2, 0) is 27.2 Å². The standard InChI is InChI=1S/C31H30N2O9/c1-37-24-11-18(26-20-13-23-22(40-15-41-23)10-17(20)9-19-14-39-30(35)27(19)26)12-25(38-2)28(24)42-31(36)33-21(29(32)34)8-16-6-4-3-5-7-16/h3-7,10-13,19,21,26-27H,8-9,14-15H2,1-2H3,(H2,32,34)(H,33,36)/t19-,21+,26+,27-/m0/s1. The molecule has 4 atom stereocenters. The van der Waals surface area contributed by atoms with Crippen LogP contribution in [-0.4, -0.2) is 51.6 Å². The van der Waals surface area contributed by atoms with Crippen LogP contribution in [0.2, 0.25) is 0 Å². The van der Waals surface area contributed by atoms with Crippen LogP contribution in [0.3, 0.4) is 0 Å². The Labute approximate surface area is 241 Å². The number of esters is 1. The summed E-state index contributed by atoms with van der Waals surface area (Å²) in [5, 5.41) is 2.53. The molecule has 1 fully saturated rings. The smallest absolute Gasteiger partial charge is 0.413 e. The first-order chi connectivity index (χ1) is 20.4. The summed E-state index contributed by atoms with van der Waals surface area (Å²) < 4.78 is 33.6. The first-order valence-electron chi connectivity index (χ1n) is 13.5. The van der Waals surface area contributed by atoms with E-state index in [1.54, 1.807) is 12.1 Å². The fourth-order valence-electron chi connectivity index (χ4n) is 6.02. The molecule has 3 aromatic rings. The van der Waals surface area contributed by atoms with Gasteiger partial charge >= 0.3 is 12.1 Å². The first kappa shape index (κ1) is 27.3. The highest BCUT2D eigenvalue weighted by molar-refractivity contribution is 5.85. The number of carbonyl (C=O) groups excluding carboxylic acids is 3. The van der Waals surface area contributed by atoms with Gasteiger partial charge in [0.05, 0.1) is 26.7 Å². The van der Waals surface area contributed by atoms with E-state index >= 15 is 0 Å². The molecule has 2 amide bonds. The summed E-state index contributed by atoms with van der Waals surface area (Å²) in [7, 11) is 2.87. The lowest BCUT2D eigenvalue weighted by Gasteiger charge is -2.34. The van der Waals surface area contributed by atoms with Crippen molar-refractivity contribution in [1.82, 2.24) is 5.32 Å². The van der Waals surface area contributed by atoms with E-state index in [1.807, 2.05) is 42.5 Å². The van der Waals surface area contributed by atoms with Gasteiger partial charge in [-0.15, -0.1) is 0 Å². The Morgan fingerprint density at radius 2 is 1.69 bits per heavy atom. The topological polar surface area (TPSA) is 145 Å². The number of hydrogen-bond donors (Lipinski definition) is 2. The SMILES string of the molecule is COc1cc([C@@H]2c3cc4c(cc3C[C@H]3COC(=O)[C@@H]32)OCO4)cc(OC)c1OC(=O)N[C@H](Cc1ccccc1)C(N)=O. The number of ether oxygens (including phenoxy) is 6. The maximum absolute atomic E-state index is 13.0. The molecule has 218 valence electrons. The summed E-state index contributed by atoms with van der Waals surface area (Å²) in [6.07, 6.45) is -0.0518. The fourth-order valence-corrected chi connectivity index (χ4v) is 6.02. The Morgan fingerprint density at radius 1 is 1.00 bits per heavy atom. The number of primary amides is 1. The van der Waals surface area contributed by atoms with Crippen molar-refractivity contribution in [2.75, 3.05) is 27.6 Å². The second-order valence-corrected chi connectivity index (χ2v) is 10.4. The van der Waals surface area contributed by atoms with E-state index in [0.29, 0.717) is 30.1 Å². The molecule has 11 nitrogen and oxygen atoms in total. The summed E-state index contributed by atoms with van der Waals surface area (Å²) in [6, 6.07) is 15.5. The Hall–Kier alpha value is -4.93. The molecule has 42 heavy (non-hydrogen) atoms. The van der Waals surface area contributed by atoms with Crippen LogP contribution in [0.5, 0.6) is 28.7 Å². The molecule has 1 aliphatic carbocycles. The van der Waals surface area contributed by atoms with E-state index in [1.165, 1.54) is 14.2 Å². The fraction of sp³-hybridized carbons (Fsp3) is 0.323. The molecule has 0 radical (unpaired) electrons. The zero-order valence-corrected chi connectivity index (χ0v) is 23.1. The number of amides is 2. The quantitative estimate of drug-likeness (QED) is 0.388. The van der Waals surface area contributed by atoms with Gasteiger partial charge in [0.1, 0.15) is 6.04 Å². The van der Waals surface area contributed by atoms with Gasteiger partial charge in [-0.25, -0.2) is 4.79 Å². The van der Waals surface area contributed by atoms with Crippen molar-refractivity contribution in [3.63, 3.8) is 0 Å². The molecule has 0 spiro atoms. The number of rotatable bonds is 8. The van der Waals surface area contributed by atoms with Crippen LogP contribution in [0.1, 0.15) is 28.2 Å². The van der Waals surface area contributed by atoms with Crippen molar-refractivity contribution < 1.29 is 42.8 Å². The van der Waals surface area contributed by atoms with Gasteiger partial charge in [0.25, 0.3) is 0 Å². The summed E-state index contributed by atoms with van der Waals surface area (Å²) in [4.78, 5) is 38.1. The van der Waals surface area contributed by atoms with Crippen LogP contribution in [0.4, 0.5) is 4.79 Å². The maximum atomic E-state index is 13.0. The normalized spacial score (nSPS) is 20.5. The second-order valence-electron chi connectivity index (χ2n) is 10.4. The monoisotopic (exact) mass is 574 g/mol. The molecule has 0 bridgehead atoms. The van der Waals surface area contributed by atoms with Crippen LogP contribution in [0, 0.1) is 11.8 Å². The zero-order chi connectivity index (χ0) is 29.4. The average Bonchev–Trinajstić information content (AvgIpc) is 3.60. The highest BCUT2D eigenvalue weighted by Gasteiger charge is 2.48. The molecular formula is C31H30N2O9. The molecule has 2 heterocycles. The third-order valence-electron chi connectivity index (χ3n) is 7.99. The molecule has 11 heteroatoms. The highest BCUT2D eigenvalue weighted by Crippen LogP contribution is 2.52. The molecular weight excluding hydrogens is 544 g/mol. The van der Waals surface area contributed by atoms with Gasteiger partial charge in [0.15, 0.2) is 23.0 Å². The summed E-state index contributed by atoms with van der Waals surface area (Å²) in [5.74, 6) is -0.150. The molecule has 3 N–H and O–H groups in total. The van der Waals surface area contributed by atoms with Gasteiger partial charge in [0, 0.05) is 18.3 Å². The number of methoxy groups -OCH3 is 2. The van der Waals surface area contributed by atoms with E-state index < -0.39 is 29.9 Å². The predicted molar refractivity (Wildman–Crippen MR) is 148 cm³/mol. The summed E-state index contributed by atoms with van der Waals surface area (Å²) >= 11 is 0. The van der Waals surface area contributed by atoms with Gasteiger partial charge in [-0.05, 0) is 52.9 Å². The molecule has 0 aromatic heterocycles.